The molecule has 0 saturated heterocycles. The standard InChI is InChI=1S/C15H15ClN2O2S/c1-2-17-14-10-6-11(16)13(7-12(10)18-15(14)19)20-8-9-4-3-5-21-9/h3-7,14,17H,2,8H2,1H3,(H,18,19). The van der Waals surface area contributed by atoms with Gasteiger partial charge in [0.15, 0.2) is 0 Å². The number of thiophene rings is 1. The Labute approximate surface area is 132 Å². The summed E-state index contributed by atoms with van der Waals surface area (Å²) in [5, 5.41) is 8.52. The van der Waals surface area contributed by atoms with E-state index in [2.05, 4.69) is 10.6 Å². The van der Waals surface area contributed by atoms with Gasteiger partial charge in [0.1, 0.15) is 18.4 Å². The molecule has 1 aromatic heterocycles. The number of fused-ring (bicyclic) bond motifs is 1. The van der Waals surface area contributed by atoms with Crippen molar-refractivity contribution in [1.82, 2.24) is 5.32 Å². The molecule has 3 rings (SSSR count). The Hall–Kier alpha value is -1.56. The van der Waals surface area contributed by atoms with Gasteiger partial charge in [-0.25, -0.2) is 0 Å². The maximum Gasteiger partial charge on any atom is 0.246 e. The van der Waals surface area contributed by atoms with Gasteiger partial charge in [-0.1, -0.05) is 24.6 Å². The van der Waals surface area contributed by atoms with E-state index in [0.29, 0.717) is 23.9 Å². The quantitative estimate of drug-likeness (QED) is 0.884. The van der Waals surface area contributed by atoms with Crippen LogP contribution in [-0.4, -0.2) is 12.5 Å². The highest BCUT2D eigenvalue weighted by Crippen LogP contribution is 2.38. The first-order valence-electron chi connectivity index (χ1n) is 6.72. The number of anilines is 1. The van der Waals surface area contributed by atoms with Crippen molar-refractivity contribution < 1.29 is 9.53 Å². The SMILES string of the molecule is CCNC1C(=O)Nc2cc(OCc3cccs3)c(Cl)cc21. The summed E-state index contributed by atoms with van der Waals surface area (Å²) in [5.74, 6) is 0.527. The summed E-state index contributed by atoms with van der Waals surface area (Å²) >= 11 is 7.91. The fourth-order valence-corrected chi connectivity index (χ4v) is 3.17. The number of benzene rings is 1. The first-order chi connectivity index (χ1) is 10.2. The summed E-state index contributed by atoms with van der Waals surface area (Å²) in [7, 11) is 0. The molecule has 1 aliphatic rings. The Bertz CT molecular complexity index is 658. The Balaban J connectivity index is 1.82. The fraction of sp³-hybridized carbons (Fsp3) is 0.267. The zero-order chi connectivity index (χ0) is 14.8. The van der Waals surface area contributed by atoms with E-state index in [1.165, 1.54) is 0 Å². The van der Waals surface area contributed by atoms with Crippen molar-refractivity contribution in [2.75, 3.05) is 11.9 Å². The van der Waals surface area contributed by atoms with Crippen molar-refractivity contribution in [2.45, 2.75) is 19.6 Å². The number of hydrogen-bond donors (Lipinski definition) is 2. The highest BCUT2D eigenvalue weighted by Gasteiger charge is 2.31. The second-order valence-corrected chi connectivity index (χ2v) is 6.16. The Kier molecular flexibility index (Phi) is 4.14. The molecule has 1 atom stereocenters. The molecule has 0 aliphatic carbocycles. The number of halogens is 1. The summed E-state index contributed by atoms with van der Waals surface area (Å²) in [5.41, 5.74) is 1.63. The lowest BCUT2D eigenvalue weighted by Gasteiger charge is -2.12. The maximum atomic E-state index is 11.9. The molecular weight excluding hydrogens is 308 g/mol. The summed E-state index contributed by atoms with van der Waals surface area (Å²) < 4.78 is 5.74. The molecule has 1 amide bonds. The van der Waals surface area contributed by atoms with Crippen molar-refractivity contribution >= 4 is 34.5 Å². The van der Waals surface area contributed by atoms with Gasteiger partial charge in [-0.3, -0.25) is 4.79 Å². The lowest BCUT2D eigenvalue weighted by molar-refractivity contribution is -0.117. The average molecular weight is 323 g/mol. The van der Waals surface area contributed by atoms with Crippen LogP contribution in [0.4, 0.5) is 5.69 Å². The second kappa shape index (κ2) is 6.05. The molecule has 0 saturated carbocycles. The van der Waals surface area contributed by atoms with E-state index < -0.39 is 0 Å². The van der Waals surface area contributed by atoms with Crippen LogP contribution in [-0.2, 0) is 11.4 Å². The van der Waals surface area contributed by atoms with Crippen LogP contribution in [0, 0.1) is 0 Å². The number of ether oxygens (including phenoxy) is 1. The van der Waals surface area contributed by atoms with Crippen LogP contribution < -0.4 is 15.4 Å². The van der Waals surface area contributed by atoms with Crippen LogP contribution in [0.5, 0.6) is 5.75 Å². The molecule has 0 fully saturated rings. The minimum Gasteiger partial charge on any atom is -0.486 e. The Morgan fingerprint density at radius 3 is 3.05 bits per heavy atom. The molecule has 2 N–H and O–H groups in total. The van der Waals surface area contributed by atoms with E-state index in [-0.39, 0.29) is 11.9 Å². The fourth-order valence-electron chi connectivity index (χ4n) is 2.32. The van der Waals surface area contributed by atoms with Gasteiger partial charge in [-0.05, 0) is 24.1 Å². The van der Waals surface area contributed by atoms with Gasteiger partial charge in [0.2, 0.25) is 5.91 Å². The Morgan fingerprint density at radius 1 is 1.48 bits per heavy atom. The summed E-state index contributed by atoms with van der Waals surface area (Å²) in [6, 6.07) is 7.24. The van der Waals surface area contributed by atoms with Crippen LogP contribution in [0.15, 0.2) is 29.6 Å². The van der Waals surface area contributed by atoms with E-state index in [9.17, 15) is 4.79 Å². The third-order valence-corrected chi connectivity index (χ3v) is 4.44. The first kappa shape index (κ1) is 14.4. The van der Waals surface area contributed by atoms with E-state index in [1.54, 1.807) is 23.5 Å². The molecule has 1 unspecified atom stereocenters. The number of likely N-dealkylation sites (N-methyl/N-ethyl adjacent to an activating group) is 1. The molecule has 2 heterocycles. The minimum atomic E-state index is -0.339. The van der Waals surface area contributed by atoms with Crippen molar-refractivity contribution in [1.29, 1.82) is 0 Å². The monoisotopic (exact) mass is 322 g/mol. The smallest absolute Gasteiger partial charge is 0.246 e. The second-order valence-electron chi connectivity index (χ2n) is 4.72. The summed E-state index contributed by atoms with van der Waals surface area (Å²) in [6.45, 7) is 3.15. The zero-order valence-corrected chi connectivity index (χ0v) is 13.1. The zero-order valence-electron chi connectivity index (χ0n) is 11.5. The predicted octanol–water partition coefficient (Wildman–Crippen LogP) is 3.58. The van der Waals surface area contributed by atoms with Gasteiger partial charge in [0, 0.05) is 22.2 Å². The topological polar surface area (TPSA) is 50.4 Å². The first-order valence-corrected chi connectivity index (χ1v) is 7.97. The minimum absolute atomic E-state index is 0.0571. The van der Waals surface area contributed by atoms with Gasteiger partial charge in [0.05, 0.1) is 5.02 Å². The van der Waals surface area contributed by atoms with Crippen molar-refractivity contribution in [2.24, 2.45) is 0 Å². The van der Waals surface area contributed by atoms with Crippen LogP contribution in [0.25, 0.3) is 0 Å². The maximum absolute atomic E-state index is 11.9. The number of carbonyl (C=O) groups excluding carboxylic acids is 1. The molecule has 6 heteroatoms. The van der Waals surface area contributed by atoms with Crippen molar-refractivity contribution in [3.8, 4) is 5.75 Å². The van der Waals surface area contributed by atoms with Crippen LogP contribution in [0.3, 0.4) is 0 Å². The van der Waals surface area contributed by atoms with Crippen molar-refractivity contribution in [3.05, 3.63) is 45.1 Å². The lowest BCUT2D eigenvalue weighted by Crippen LogP contribution is -2.27. The molecule has 4 nitrogen and oxygen atoms in total. The largest absolute Gasteiger partial charge is 0.486 e. The van der Waals surface area contributed by atoms with Gasteiger partial charge >= 0.3 is 0 Å². The third-order valence-electron chi connectivity index (χ3n) is 3.29. The number of amides is 1. The highest BCUT2D eigenvalue weighted by molar-refractivity contribution is 7.09. The third kappa shape index (κ3) is 2.90. The van der Waals surface area contributed by atoms with Gasteiger partial charge in [-0.2, -0.15) is 0 Å². The van der Waals surface area contributed by atoms with E-state index >= 15 is 0 Å². The molecule has 1 aromatic carbocycles. The predicted molar refractivity (Wildman–Crippen MR) is 85.2 cm³/mol. The molecule has 2 aromatic rings. The highest BCUT2D eigenvalue weighted by atomic mass is 35.5. The molecule has 0 spiro atoms. The lowest BCUT2D eigenvalue weighted by atomic mass is 10.1. The molecule has 0 bridgehead atoms. The van der Waals surface area contributed by atoms with Crippen LogP contribution in [0.2, 0.25) is 5.02 Å². The summed E-state index contributed by atoms with van der Waals surface area (Å²) in [4.78, 5) is 13.1. The molecule has 110 valence electrons. The Morgan fingerprint density at radius 2 is 2.33 bits per heavy atom. The molecular formula is C15H15ClN2O2S. The number of nitrogens with one attached hydrogen (secondary N) is 2. The average Bonchev–Trinajstić information content (AvgIpc) is 3.07. The summed E-state index contributed by atoms with van der Waals surface area (Å²) in [6.07, 6.45) is 0. The number of rotatable bonds is 5. The van der Waals surface area contributed by atoms with Gasteiger partial charge in [-0.15, -0.1) is 11.3 Å². The van der Waals surface area contributed by atoms with Gasteiger partial charge < -0.3 is 15.4 Å². The molecule has 0 radical (unpaired) electrons. The van der Waals surface area contributed by atoms with Crippen LogP contribution >= 0.6 is 22.9 Å². The number of carbonyl (C=O) groups is 1. The van der Waals surface area contributed by atoms with E-state index in [4.69, 9.17) is 16.3 Å². The number of hydrogen-bond acceptors (Lipinski definition) is 4. The van der Waals surface area contributed by atoms with Crippen LogP contribution in [0.1, 0.15) is 23.4 Å². The molecule has 1 aliphatic heterocycles. The van der Waals surface area contributed by atoms with Crippen molar-refractivity contribution in [3.63, 3.8) is 0 Å². The normalized spacial score (nSPS) is 16.7. The van der Waals surface area contributed by atoms with E-state index in [1.807, 2.05) is 24.4 Å². The van der Waals surface area contributed by atoms with E-state index in [0.717, 1.165) is 16.1 Å². The van der Waals surface area contributed by atoms with Gasteiger partial charge in [0.25, 0.3) is 0 Å². The molecule has 21 heavy (non-hydrogen) atoms.